The maximum absolute atomic E-state index is 14.3. The maximum Gasteiger partial charge on any atom is 0.425 e. The molecule has 2 amide bonds. The molecule has 0 aromatic heterocycles. The van der Waals surface area contributed by atoms with Crippen LogP contribution in [0.5, 0.6) is 0 Å². The number of nitrogens with zero attached hydrogens (tertiary/aromatic N) is 1. The van der Waals surface area contributed by atoms with Crippen molar-refractivity contribution < 1.29 is 32.3 Å². The van der Waals surface area contributed by atoms with E-state index in [9.17, 15) is 27.6 Å². The van der Waals surface area contributed by atoms with E-state index in [-0.39, 0.29) is 18.0 Å². The van der Waals surface area contributed by atoms with Gasteiger partial charge >= 0.3 is 12.1 Å². The average molecular weight is 404 g/mol. The molecule has 1 aliphatic carbocycles. The van der Waals surface area contributed by atoms with Crippen LogP contribution in [0.2, 0.25) is 0 Å². The molecular formula is C19H27F3N2O4. The van der Waals surface area contributed by atoms with Gasteiger partial charge in [0.15, 0.2) is 0 Å². The molecule has 158 valence electrons. The highest BCUT2D eigenvalue weighted by molar-refractivity contribution is 6.10. The van der Waals surface area contributed by atoms with Crippen molar-refractivity contribution >= 4 is 17.8 Å². The lowest BCUT2D eigenvalue weighted by Gasteiger charge is -2.36. The Morgan fingerprint density at radius 1 is 1.25 bits per heavy atom. The lowest BCUT2D eigenvalue weighted by atomic mass is 9.88. The number of esters is 1. The number of nitrogens with one attached hydrogen (secondary N) is 1. The van der Waals surface area contributed by atoms with Crippen LogP contribution in [-0.4, -0.2) is 47.6 Å². The Bertz CT molecular complexity index is 681. The second-order valence-corrected chi connectivity index (χ2v) is 7.81. The van der Waals surface area contributed by atoms with Gasteiger partial charge in [0.05, 0.1) is 7.11 Å². The van der Waals surface area contributed by atoms with Crippen LogP contribution in [0.1, 0.15) is 59.3 Å². The molecule has 0 aromatic rings. The number of methoxy groups -OCH3 is 1. The highest BCUT2D eigenvalue weighted by atomic mass is 19.4. The molecule has 6 nitrogen and oxygen atoms in total. The molecule has 1 fully saturated rings. The number of alkyl halides is 3. The molecule has 0 spiro atoms. The van der Waals surface area contributed by atoms with Gasteiger partial charge in [-0.15, -0.1) is 0 Å². The van der Waals surface area contributed by atoms with E-state index in [1.807, 2.05) is 5.32 Å². The summed E-state index contributed by atoms with van der Waals surface area (Å²) in [5, 5.41) is 1.86. The monoisotopic (exact) mass is 404 g/mol. The summed E-state index contributed by atoms with van der Waals surface area (Å²) in [5.41, 5.74) is -4.38. The van der Waals surface area contributed by atoms with Gasteiger partial charge in [-0.2, -0.15) is 13.2 Å². The third kappa shape index (κ3) is 3.75. The lowest BCUT2D eigenvalue weighted by molar-refractivity contribution is -0.197. The van der Waals surface area contributed by atoms with Crippen LogP contribution < -0.4 is 5.32 Å². The van der Waals surface area contributed by atoms with Crippen molar-refractivity contribution in [1.82, 2.24) is 10.2 Å². The normalized spacial score (nSPS) is 24.1. The summed E-state index contributed by atoms with van der Waals surface area (Å²) in [7, 11) is 0.952. The molecule has 1 N–H and O–H groups in total. The Kier molecular flexibility index (Phi) is 6.45. The minimum atomic E-state index is -5.20. The Morgan fingerprint density at radius 2 is 1.82 bits per heavy atom. The van der Waals surface area contributed by atoms with Crippen LogP contribution in [-0.2, 0) is 19.1 Å². The predicted molar refractivity (Wildman–Crippen MR) is 94.8 cm³/mol. The fraction of sp³-hybridized carbons (Fsp3) is 0.737. The fourth-order valence-corrected chi connectivity index (χ4v) is 4.09. The zero-order valence-corrected chi connectivity index (χ0v) is 16.6. The molecule has 1 aliphatic heterocycles. The van der Waals surface area contributed by atoms with E-state index in [0.717, 1.165) is 31.3 Å². The third-order valence-electron chi connectivity index (χ3n) is 5.31. The number of hydrogen-bond donors (Lipinski definition) is 1. The Morgan fingerprint density at radius 3 is 2.29 bits per heavy atom. The first-order chi connectivity index (χ1) is 13.0. The maximum atomic E-state index is 14.3. The van der Waals surface area contributed by atoms with Gasteiger partial charge in [-0.1, -0.05) is 33.1 Å². The molecule has 28 heavy (non-hydrogen) atoms. The number of amides is 2. The van der Waals surface area contributed by atoms with Crippen molar-refractivity contribution in [3.63, 3.8) is 0 Å². The van der Waals surface area contributed by atoms with Crippen LogP contribution in [0.25, 0.3) is 0 Å². The summed E-state index contributed by atoms with van der Waals surface area (Å²) in [6.07, 6.45) is -1.80. The quantitative estimate of drug-likeness (QED) is 0.715. The predicted octanol–water partition coefficient (Wildman–Crippen LogP) is 3.07. The number of rotatable bonds is 5. The van der Waals surface area contributed by atoms with Crippen molar-refractivity contribution in [3.05, 3.63) is 11.3 Å². The molecule has 1 unspecified atom stereocenters. The van der Waals surface area contributed by atoms with Crippen LogP contribution >= 0.6 is 0 Å². The summed E-state index contributed by atoms with van der Waals surface area (Å²) in [6, 6.07) is -0.438. The van der Waals surface area contributed by atoms with Crippen LogP contribution in [0.15, 0.2) is 11.3 Å². The largest absolute Gasteiger partial charge is 0.466 e. The number of carbonyl (C=O) groups excluding carboxylic acids is 3. The van der Waals surface area contributed by atoms with Gasteiger partial charge in [-0.05, 0) is 25.7 Å². The average Bonchev–Trinajstić information content (AvgIpc) is 2.82. The van der Waals surface area contributed by atoms with Gasteiger partial charge < -0.3 is 15.0 Å². The van der Waals surface area contributed by atoms with Crippen molar-refractivity contribution in [2.45, 2.75) is 77.1 Å². The molecule has 1 saturated carbocycles. The highest BCUT2D eigenvalue weighted by Crippen LogP contribution is 2.47. The summed E-state index contributed by atoms with van der Waals surface area (Å²) in [6.45, 7) is 4.65. The second kappa shape index (κ2) is 8.13. The molecule has 0 saturated heterocycles. The van der Waals surface area contributed by atoms with Gasteiger partial charge in [0, 0.05) is 18.2 Å². The first kappa shape index (κ1) is 22.2. The van der Waals surface area contributed by atoms with Crippen molar-refractivity contribution in [3.8, 4) is 0 Å². The lowest BCUT2D eigenvalue weighted by Crippen LogP contribution is -2.66. The highest BCUT2D eigenvalue weighted by Gasteiger charge is 2.71. The Balaban J connectivity index is 2.61. The number of carbonyl (C=O) groups is 3. The molecule has 0 radical (unpaired) electrons. The molecule has 9 heteroatoms. The smallest absolute Gasteiger partial charge is 0.425 e. The molecule has 0 bridgehead atoms. The van der Waals surface area contributed by atoms with E-state index in [4.69, 9.17) is 0 Å². The van der Waals surface area contributed by atoms with E-state index in [1.54, 1.807) is 13.8 Å². The molecule has 0 aromatic carbocycles. The zero-order chi connectivity index (χ0) is 21.3. The minimum Gasteiger partial charge on any atom is -0.466 e. The number of ether oxygens (including phenoxy) is 1. The topological polar surface area (TPSA) is 75.7 Å². The minimum absolute atomic E-state index is 0.106. The van der Waals surface area contributed by atoms with Crippen molar-refractivity contribution in [1.29, 1.82) is 0 Å². The van der Waals surface area contributed by atoms with Crippen LogP contribution in [0.3, 0.4) is 0 Å². The second-order valence-electron chi connectivity index (χ2n) is 7.81. The van der Waals surface area contributed by atoms with E-state index < -0.39 is 41.1 Å². The molecule has 2 rings (SSSR count). The number of allylic oxidation sites excluding steroid dienone is 1. The van der Waals surface area contributed by atoms with Crippen LogP contribution in [0, 0.1) is 5.92 Å². The summed E-state index contributed by atoms with van der Waals surface area (Å²) < 4.78 is 47.5. The first-order valence-electron chi connectivity index (χ1n) is 9.48. The van der Waals surface area contributed by atoms with Crippen LogP contribution in [0.4, 0.5) is 13.2 Å². The Labute approximate surface area is 162 Å². The molecule has 2 aliphatic rings. The van der Waals surface area contributed by atoms with E-state index >= 15 is 0 Å². The summed E-state index contributed by atoms with van der Waals surface area (Å²) in [4.78, 5) is 38.9. The summed E-state index contributed by atoms with van der Waals surface area (Å²) >= 11 is 0. The van der Waals surface area contributed by atoms with Crippen molar-refractivity contribution in [2.24, 2.45) is 5.92 Å². The fourth-order valence-electron chi connectivity index (χ4n) is 4.09. The standard InChI is InChI=1S/C19H27F3N2O4/c1-11(2)10-14(25)23-18(19(20,21)22)15(16(26)28-4)12(3)24(17(18)27)13-8-6-5-7-9-13/h11,13H,5-10H2,1-4H3,(H,23,25). The van der Waals surface area contributed by atoms with E-state index in [2.05, 4.69) is 4.74 Å². The van der Waals surface area contributed by atoms with Gasteiger partial charge in [-0.25, -0.2) is 4.79 Å². The molecule has 1 heterocycles. The molecular weight excluding hydrogens is 377 g/mol. The van der Waals surface area contributed by atoms with Gasteiger partial charge in [0.25, 0.3) is 5.91 Å². The summed E-state index contributed by atoms with van der Waals surface area (Å²) in [5.74, 6) is -3.77. The van der Waals surface area contributed by atoms with E-state index in [1.165, 1.54) is 6.92 Å². The third-order valence-corrected chi connectivity index (χ3v) is 5.31. The number of halogens is 3. The van der Waals surface area contributed by atoms with Gasteiger partial charge in [0.1, 0.15) is 5.57 Å². The van der Waals surface area contributed by atoms with Crippen molar-refractivity contribution in [2.75, 3.05) is 7.11 Å². The first-order valence-corrected chi connectivity index (χ1v) is 9.48. The van der Waals surface area contributed by atoms with Gasteiger partial charge in [-0.3, -0.25) is 9.59 Å². The molecule has 1 atom stereocenters. The van der Waals surface area contributed by atoms with E-state index in [0.29, 0.717) is 12.8 Å². The number of hydrogen-bond acceptors (Lipinski definition) is 4. The van der Waals surface area contributed by atoms with Gasteiger partial charge in [0.2, 0.25) is 11.4 Å². The SMILES string of the molecule is COC(=O)C1=C(C)N(C2CCCCC2)C(=O)C1(NC(=O)CC(C)C)C(F)(F)F. The Hall–Kier alpha value is -2.06. The zero-order valence-electron chi connectivity index (χ0n) is 16.6.